The Morgan fingerprint density at radius 2 is 2.04 bits per heavy atom. The molecule has 2 rings (SSSR count). The van der Waals surface area contributed by atoms with Gasteiger partial charge in [-0.15, -0.1) is 12.4 Å². The smallest absolute Gasteiger partial charge is 0.237 e. The Morgan fingerprint density at radius 1 is 1.32 bits per heavy atom. The number of likely N-dealkylation sites (tertiary alicyclic amines) is 1. The Balaban J connectivity index is 0.00000312. The quantitative estimate of drug-likeness (QED) is 0.717. The summed E-state index contributed by atoms with van der Waals surface area (Å²) >= 11 is 0. The predicted molar refractivity (Wildman–Crippen MR) is 101 cm³/mol. The van der Waals surface area contributed by atoms with E-state index >= 15 is 0 Å². The monoisotopic (exact) mass is 368 g/mol. The largest absolute Gasteiger partial charge is 0.370 e. The Morgan fingerprint density at radius 3 is 2.68 bits per heavy atom. The van der Waals surface area contributed by atoms with E-state index in [4.69, 9.17) is 5.73 Å². The Hall–Kier alpha value is -1.63. The highest BCUT2D eigenvalue weighted by Gasteiger charge is 2.23. The van der Waals surface area contributed by atoms with Crippen molar-refractivity contribution in [3.05, 3.63) is 35.9 Å². The number of nitrogens with one attached hydrogen (secondary N) is 1. The van der Waals surface area contributed by atoms with E-state index in [0.29, 0.717) is 25.7 Å². The first-order valence-corrected chi connectivity index (χ1v) is 8.58. The van der Waals surface area contributed by atoms with Gasteiger partial charge in [0.05, 0.1) is 6.54 Å². The van der Waals surface area contributed by atoms with E-state index in [-0.39, 0.29) is 30.6 Å². The van der Waals surface area contributed by atoms with Crippen LogP contribution in [0.3, 0.4) is 0 Å². The predicted octanol–water partition coefficient (Wildman–Crippen LogP) is 0.996. The van der Waals surface area contributed by atoms with Crippen molar-refractivity contribution in [2.75, 3.05) is 33.2 Å². The van der Waals surface area contributed by atoms with Gasteiger partial charge in [0, 0.05) is 32.1 Å². The summed E-state index contributed by atoms with van der Waals surface area (Å²) in [6, 6.07) is 10.3. The molecule has 1 aliphatic rings. The Kier molecular flexibility index (Phi) is 9.49. The number of benzene rings is 1. The lowest BCUT2D eigenvalue weighted by molar-refractivity contribution is -0.133. The second kappa shape index (κ2) is 11.1. The summed E-state index contributed by atoms with van der Waals surface area (Å²) in [6.07, 6.45) is 2.44. The normalized spacial score (nSPS) is 17.6. The third kappa shape index (κ3) is 7.42. The zero-order chi connectivity index (χ0) is 17.4. The summed E-state index contributed by atoms with van der Waals surface area (Å²) in [6.45, 7) is 3.10. The van der Waals surface area contributed by atoms with Crippen LogP contribution in [0, 0.1) is 0 Å². The first-order chi connectivity index (χ1) is 11.6. The van der Waals surface area contributed by atoms with Gasteiger partial charge in [-0.2, -0.15) is 0 Å². The van der Waals surface area contributed by atoms with Gasteiger partial charge in [-0.05, 0) is 32.0 Å². The van der Waals surface area contributed by atoms with E-state index in [1.807, 2.05) is 37.4 Å². The molecule has 3 N–H and O–H groups in total. The number of carbonyl (C=O) groups excluding carboxylic acids is 2. The highest BCUT2D eigenvalue weighted by molar-refractivity contribution is 5.85. The van der Waals surface area contributed by atoms with E-state index < -0.39 is 0 Å². The number of halogens is 1. The third-order valence-corrected chi connectivity index (χ3v) is 4.47. The number of amides is 2. The number of rotatable bonds is 8. The molecule has 0 radical (unpaired) electrons. The van der Waals surface area contributed by atoms with Crippen LogP contribution in [-0.4, -0.2) is 60.9 Å². The Bertz CT molecular complexity index is 541. The standard InChI is InChI=1S/C18H28N4O2.ClH/c1-20-16-8-5-10-21(13-16)14-18(24)22(11-9-17(19)23)12-15-6-3-2-4-7-15;/h2-4,6-7,16,20H,5,8-14H2,1H3,(H2,19,23);1H. The molecule has 1 unspecified atom stereocenters. The number of nitrogens with two attached hydrogens (primary N) is 1. The summed E-state index contributed by atoms with van der Waals surface area (Å²) in [5.41, 5.74) is 6.32. The molecule has 1 aromatic carbocycles. The van der Waals surface area contributed by atoms with Crippen LogP contribution in [0.5, 0.6) is 0 Å². The minimum atomic E-state index is -0.380. The maximum Gasteiger partial charge on any atom is 0.237 e. The van der Waals surface area contributed by atoms with Gasteiger partial charge in [-0.3, -0.25) is 14.5 Å². The first-order valence-electron chi connectivity index (χ1n) is 8.58. The van der Waals surface area contributed by atoms with Crippen molar-refractivity contribution in [1.82, 2.24) is 15.1 Å². The molecule has 0 bridgehead atoms. The number of likely N-dealkylation sites (N-methyl/N-ethyl adjacent to an activating group) is 1. The fourth-order valence-corrected chi connectivity index (χ4v) is 3.07. The van der Waals surface area contributed by atoms with Crippen molar-refractivity contribution in [1.29, 1.82) is 0 Å². The zero-order valence-electron chi connectivity index (χ0n) is 14.8. The van der Waals surface area contributed by atoms with E-state index in [0.717, 1.165) is 31.5 Å². The van der Waals surface area contributed by atoms with E-state index in [2.05, 4.69) is 10.2 Å². The van der Waals surface area contributed by atoms with Crippen molar-refractivity contribution < 1.29 is 9.59 Å². The maximum absolute atomic E-state index is 12.7. The van der Waals surface area contributed by atoms with Gasteiger partial charge in [0.15, 0.2) is 0 Å². The van der Waals surface area contributed by atoms with Crippen molar-refractivity contribution in [3.8, 4) is 0 Å². The lowest BCUT2D eigenvalue weighted by atomic mass is 10.1. The first kappa shape index (κ1) is 21.4. The lowest BCUT2D eigenvalue weighted by Gasteiger charge is -2.33. The topological polar surface area (TPSA) is 78.7 Å². The number of hydrogen-bond donors (Lipinski definition) is 2. The molecular weight excluding hydrogens is 340 g/mol. The van der Waals surface area contributed by atoms with Gasteiger partial charge in [0.1, 0.15) is 0 Å². The van der Waals surface area contributed by atoms with Gasteiger partial charge in [0.2, 0.25) is 11.8 Å². The molecule has 0 aliphatic carbocycles. The number of carbonyl (C=O) groups is 2. The molecule has 25 heavy (non-hydrogen) atoms. The minimum absolute atomic E-state index is 0. The molecule has 140 valence electrons. The molecule has 1 aromatic rings. The van der Waals surface area contributed by atoms with Crippen LogP contribution in [0.1, 0.15) is 24.8 Å². The second-order valence-electron chi connectivity index (χ2n) is 6.38. The van der Waals surface area contributed by atoms with E-state index in [1.54, 1.807) is 4.90 Å². The molecular formula is C18H29ClN4O2. The Labute approximate surface area is 156 Å². The van der Waals surface area contributed by atoms with Crippen LogP contribution in [0.4, 0.5) is 0 Å². The molecule has 7 heteroatoms. The van der Waals surface area contributed by atoms with Crippen LogP contribution >= 0.6 is 12.4 Å². The van der Waals surface area contributed by atoms with Gasteiger partial charge in [0.25, 0.3) is 0 Å². The molecule has 1 fully saturated rings. The molecule has 1 heterocycles. The van der Waals surface area contributed by atoms with Gasteiger partial charge >= 0.3 is 0 Å². The van der Waals surface area contributed by atoms with Crippen LogP contribution in [0.2, 0.25) is 0 Å². The molecule has 6 nitrogen and oxygen atoms in total. The number of hydrogen-bond acceptors (Lipinski definition) is 4. The highest BCUT2D eigenvalue weighted by Crippen LogP contribution is 2.11. The van der Waals surface area contributed by atoms with Crippen LogP contribution in [-0.2, 0) is 16.1 Å². The molecule has 0 spiro atoms. The number of primary amides is 1. The van der Waals surface area contributed by atoms with Crippen LogP contribution in [0.25, 0.3) is 0 Å². The summed E-state index contributed by atoms with van der Waals surface area (Å²) in [7, 11) is 1.96. The van der Waals surface area contributed by atoms with Crippen molar-refractivity contribution in [3.63, 3.8) is 0 Å². The maximum atomic E-state index is 12.7. The fourth-order valence-electron chi connectivity index (χ4n) is 3.07. The number of nitrogens with zero attached hydrogens (tertiary/aromatic N) is 2. The minimum Gasteiger partial charge on any atom is -0.370 e. The summed E-state index contributed by atoms with van der Waals surface area (Å²) < 4.78 is 0. The zero-order valence-corrected chi connectivity index (χ0v) is 15.6. The SMILES string of the molecule is CNC1CCCN(CC(=O)N(CCC(N)=O)Cc2ccccc2)C1.Cl. The molecule has 1 aliphatic heterocycles. The average Bonchev–Trinajstić information content (AvgIpc) is 2.59. The van der Waals surface area contributed by atoms with Crippen molar-refractivity contribution >= 4 is 24.2 Å². The lowest BCUT2D eigenvalue weighted by Crippen LogP contribution is -2.48. The van der Waals surface area contributed by atoms with E-state index in [1.165, 1.54) is 0 Å². The molecule has 0 aromatic heterocycles. The molecule has 0 saturated carbocycles. The second-order valence-corrected chi connectivity index (χ2v) is 6.38. The van der Waals surface area contributed by atoms with Gasteiger partial charge < -0.3 is 16.0 Å². The molecule has 2 amide bonds. The van der Waals surface area contributed by atoms with Crippen LogP contribution < -0.4 is 11.1 Å². The van der Waals surface area contributed by atoms with Gasteiger partial charge in [-0.1, -0.05) is 30.3 Å². The van der Waals surface area contributed by atoms with E-state index in [9.17, 15) is 9.59 Å². The van der Waals surface area contributed by atoms with Gasteiger partial charge in [-0.25, -0.2) is 0 Å². The summed E-state index contributed by atoms with van der Waals surface area (Å²) in [5.74, 6) is -0.328. The molecule has 1 atom stereocenters. The summed E-state index contributed by atoms with van der Waals surface area (Å²) in [5, 5.41) is 3.29. The van der Waals surface area contributed by atoms with Crippen molar-refractivity contribution in [2.24, 2.45) is 5.73 Å². The van der Waals surface area contributed by atoms with Crippen LogP contribution in [0.15, 0.2) is 30.3 Å². The molecule has 1 saturated heterocycles. The third-order valence-electron chi connectivity index (χ3n) is 4.47. The fraction of sp³-hybridized carbons (Fsp3) is 0.556. The average molecular weight is 369 g/mol. The number of piperidine rings is 1. The summed E-state index contributed by atoms with van der Waals surface area (Å²) in [4.78, 5) is 27.8. The highest BCUT2D eigenvalue weighted by atomic mass is 35.5. The van der Waals surface area contributed by atoms with Crippen molar-refractivity contribution in [2.45, 2.75) is 31.8 Å².